The summed E-state index contributed by atoms with van der Waals surface area (Å²) >= 11 is 5.96. The summed E-state index contributed by atoms with van der Waals surface area (Å²) in [6.07, 6.45) is 1.49. The van der Waals surface area contributed by atoms with Gasteiger partial charge in [-0.25, -0.2) is 4.79 Å². The lowest BCUT2D eigenvalue weighted by Gasteiger charge is -2.20. The molecular weight excluding hydrogens is 402 g/mol. The largest absolute Gasteiger partial charge is 0.415 e. The number of benzene rings is 2. The van der Waals surface area contributed by atoms with Crippen LogP contribution in [0.25, 0.3) is 10.9 Å². The van der Waals surface area contributed by atoms with E-state index >= 15 is 0 Å². The van der Waals surface area contributed by atoms with Gasteiger partial charge in [-0.15, -0.1) is 11.6 Å². The molecule has 1 heterocycles. The van der Waals surface area contributed by atoms with Gasteiger partial charge in [0.05, 0.1) is 11.2 Å². The number of ether oxygens (including phenoxy) is 1. The summed E-state index contributed by atoms with van der Waals surface area (Å²) in [4.78, 5) is 26.4. The molecule has 3 rings (SSSR count). The van der Waals surface area contributed by atoms with E-state index < -0.39 is 11.5 Å². The SMILES string of the molecule is CCN(CC)C(=O)Oc1ccc2c(ccn2Cc2ccccc2)c1NC(=O)[C@@H](C)Cl. The number of hydrogen-bond donors (Lipinski definition) is 1. The van der Waals surface area contributed by atoms with Gasteiger partial charge >= 0.3 is 6.09 Å². The Morgan fingerprint density at radius 2 is 1.80 bits per heavy atom. The second-order valence-corrected chi connectivity index (χ2v) is 7.60. The number of hydrogen-bond acceptors (Lipinski definition) is 3. The van der Waals surface area contributed by atoms with Crippen LogP contribution in [0.1, 0.15) is 26.3 Å². The predicted molar refractivity (Wildman–Crippen MR) is 120 cm³/mol. The molecule has 0 saturated heterocycles. The van der Waals surface area contributed by atoms with Gasteiger partial charge in [0.2, 0.25) is 5.91 Å². The van der Waals surface area contributed by atoms with Crippen molar-refractivity contribution in [3.63, 3.8) is 0 Å². The molecule has 0 saturated carbocycles. The van der Waals surface area contributed by atoms with E-state index in [1.165, 1.54) is 0 Å². The summed E-state index contributed by atoms with van der Waals surface area (Å²) in [5.74, 6) is -0.0670. The van der Waals surface area contributed by atoms with Crippen molar-refractivity contribution < 1.29 is 14.3 Å². The van der Waals surface area contributed by atoms with E-state index in [4.69, 9.17) is 16.3 Å². The van der Waals surface area contributed by atoms with Gasteiger partial charge in [0.15, 0.2) is 5.75 Å². The maximum absolute atomic E-state index is 12.5. The second kappa shape index (κ2) is 9.67. The Morgan fingerprint density at radius 3 is 2.43 bits per heavy atom. The molecule has 0 aliphatic heterocycles. The third kappa shape index (κ3) is 4.76. The van der Waals surface area contributed by atoms with Crippen molar-refractivity contribution in [1.29, 1.82) is 0 Å². The summed E-state index contributed by atoms with van der Waals surface area (Å²) in [6, 6.07) is 15.6. The number of rotatable bonds is 7. The van der Waals surface area contributed by atoms with Crippen LogP contribution in [0, 0.1) is 0 Å². The van der Waals surface area contributed by atoms with Gasteiger partial charge in [0, 0.05) is 31.2 Å². The molecule has 158 valence electrons. The van der Waals surface area contributed by atoms with Gasteiger partial charge in [0.1, 0.15) is 5.38 Å². The first-order valence-corrected chi connectivity index (χ1v) is 10.5. The first-order chi connectivity index (χ1) is 14.4. The molecule has 0 bridgehead atoms. The Bertz CT molecular complexity index is 1030. The molecular formula is C23H26ClN3O3. The third-order valence-corrected chi connectivity index (χ3v) is 5.14. The zero-order chi connectivity index (χ0) is 21.7. The highest BCUT2D eigenvalue weighted by Crippen LogP contribution is 2.35. The molecule has 1 aromatic heterocycles. The van der Waals surface area contributed by atoms with Crippen LogP contribution >= 0.6 is 11.6 Å². The average molecular weight is 428 g/mol. The topological polar surface area (TPSA) is 63.6 Å². The summed E-state index contributed by atoms with van der Waals surface area (Å²) in [5.41, 5.74) is 2.52. The number of carbonyl (C=O) groups excluding carboxylic acids is 2. The van der Waals surface area contributed by atoms with Crippen molar-refractivity contribution >= 4 is 40.2 Å². The number of anilines is 1. The van der Waals surface area contributed by atoms with Crippen molar-refractivity contribution in [1.82, 2.24) is 9.47 Å². The number of fused-ring (bicyclic) bond motifs is 1. The Kier molecular flexibility index (Phi) is 7.00. The normalized spacial score (nSPS) is 11.9. The number of nitrogens with one attached hydrogen (secondary N) is 1. The molecule has 6 nitrogen and oxygen atoms in total. The molecule has 30 heavy (non-hydrogen) atoms. The van der Waals surface area contributed by atoms with Crippen LogP contribution in [0.15, 0.2) is 54.7 Å². The van der Waals surface area contributed by atoms with Gasteiger partial charge in [-0.3, -0.25) is 4.79 Å². The van der Waals surface area contributed by atoms with Crippen LogP contribution < -0.4 is 10.1 Å². The minimum Gasteiger partial charge on any atom is -0.408 e. The molecule has 0 aliphatic carbocycles. The first kappa shape index (κ1) is 21.7. The minimum atomic E-state index is -0.724. The number of nitrogens with zero attached hydrogens (tertiary/aromatic N) is 2. The Balaban J connectivity index is 2.01. The predicted octanol–water partition coefficient (Wildman–Crippen LogP) is 5.10. The van der Waals surface area contributed by atoms with E-state index in [0.29, 0.717) is 31.1 Å². The smallest absolute Gasteiger partial charge is 0.408 e. The Hall–Kier alpha value is -2.99. The van der Waals surface area contributed by atoms with Gasteiger partial charge in [-0.05, 0) is 44.5 Å². The summed E-state index contributed by atoms with van der Waals surface area (Å²) < 4.78 is 7.71. The van der Waals surface area contributed by atoms with Crippen molar-refractivity contribution in [2.24, 2.45) is 0 Å². The van der Waals surface area contributed by atoms with Crippen molar-refractivity contribution in [3.05, 3.63) is 60.3 Å². The fraction of sp³-hybridized carbons (Fsp3) is 0.304. The number of carbonyl (C=O) groups is 2. The molecule has 1 atom stereocenters. The Labute approximate surface area is 181 Å². The highest BCUT2D eigenvalue weighted by atomic mass is 35.5. The minimum absolute atomic E-state index is 0.294. The average Bonchev–Trinajstić information content (AvgIpc) is 3.14. The van der Waals surface area contributed by atoms with Gasteiger partial charge in [-0.2, -0.15) is 0 Å². The molecule has 7 heteroatoms. The molecule has 2 amide bonds. The van der Waals surface area contributed by atoms with Crippen molar-refractivity contribution in [2.75, 3.05) is 18.4 Å². The van der Waals surface area contributed by atoms with Crippen LogP contribution in [-0.4, -0.2) is 39.9 Å². The number of alkyl halides is 1. The first-order valence-electron chi connectivity index (χ1n) is 10.0. The van der Waals surface area contributed by atoms with Crippen molar-refractivity contribution in [2.45, 2.75) is 32.7 Å². The Morgan fingerprint density at radius 1 is 1.10 bits per heavy atom. The fourth-order valence-corrected chi connectivity index (χ4v) is 3.30. The fourth-order valence-electron chi connectivity index (χ4n) is 3.25. The van der Waals surface area contributed by atoms with Crippen molar-refractivity contribution in [3.8, 4) is 5.75 Å². The lowest BCUT2D eigenvalue weighted by molar-refractivity contribution is -0.115. The molecule has 0 unspecified atom stereocenters. The molecule has 0 fully saturated rings. The summed E-state index contributed by atoms with van der Waals surface area (Å²) in [7, 11) is 0. The van der Waals surface area contributed by atoms with Crippen LogP contribution in [0.4, 0.5) is 10.5 Å². The number of aromatic nitrogens is 1. The van der Waals surface area contributed by atoms with Gasteiger partial charge in [-0.1, -0.05) is 30.3 Å². The highest BCUT2D eigenvalue weighted by molar-refractivity contribution is 6.32. The van der Waals surface area contributed by atoms with Gasteiger partial charge in [0.25, 0.3) is 0 Å². The van der Waals surface area contributed by atoms with Crippen LogP contribution in [0.3, 0.4) is 0 Å². The number of halogens is 1. The zero-order valence-electron chi connectivity index (χ0n) is 17.4. The summed E-state index contributed by atoms with van der Waals surface area (Å²) in [5, 5.41) is 2.89. The molecule has 0 aliphatic rings. The maximum Gasteiger partial charge on any atom is 0.415 e. The number of amides is 2. The molecule has 3 aromatic rings. The molecule has 2 aromatic carbocycles. The van der Waals surface area contributed by atoms with E-state index in [1.54, 1.807) is 17.9 Å². The quantitative estimate of drug-likeness (QED) is 0.534. The van der Waals surface area contributed by atoms with E-state index in [-0.39, 0.29) is 5.91 Å². The maximum atomic E-state index is 12.5. The molecule has 1 N–H and O–H groups in total. The van der Waals surface area contributed by atoms with E-state index in [2.05, 4.69) is 22.0 Å². The molecule has 0 spiro atoms. The van der Waals surface area contributed by atoms with Gasteiger partial charge < -0.3 is 19.5 Å². The van der Waals surface area contributed by atoms with E-state index in [0.717, 1.165) is 16.5 Å². The highest BCUT2D eigenvalue weighted by Gasteiger charge is 2.20. The third-order valence-electron chi connectivity index (χ3n) is 4.94. The summed E-state index contributed by atoms with van der Waals surface area (Å²) in [6.45, 7) is 7.11. The standard InChI is InChI=1S/C23H26ClN3O3/c1-4-26(5-2)23(29)30-20-12-11-19-18(21(20)25-22(28)16(3)24)13-14-27(19)15-17-9-7-6-8-10-17/h6-14,16H,4-5,15H2,1-3H3,(H,25,28)/t16-/m1/s1. The van der Waals surface area contributed by atoms with E-state index in [1.807, 2.05) is 50.4 Å². The lowest BCUT2D eigenvalue weighted by atomic mass is 10.2. The zero-order valence-corrected chi connectivity index (χ0v) is 18.1. The lowest BCUT2D eigenvalue weighted by Crippen LogP contribution is -2.33. The molecule has 0 radical (unpaired) electrons. The van der Waals surface area contributed by atoms with Crippen LogP contribution in [0.2, 0.25) is 0 Å². The van der Waals surface area contributed by atoms with Crippen LogP contribution in [0.5, 0.6) is 5.75 Å². The van der Waals surface area contributed by atoms with E-state index in [9.17, 15) is 9.59 Å². The monoisotopic (exact) mass is 427 g/mol. The van der Waals surface area contributed by atoms with Crippen LogP contribution in [-0.2, 0) is 11.3 Å². The second-order valence-electron chi connectivity index (χ2n) is 6.95.